The predicted octanol–water partition coefficient (Wildman–Crippen LogP) is 5.18. The van der Waals surface area contributed by atoms with E-state index in [1.54, 1.807) is 53.6 Å². The summed E-state index contributed by atoms with van der Waals surface area (Å²) >= 11 is 5.97. The molecule has 4 nitrogen and oxygen atoms in total. The van der Waals surface area contributed by atoms with E-state index in [0.29, 0.717) is 29.5 Å². The summed E-state index contributed by atoms with van der Waals surface area (Å²) in [6.45, 7) is 2.84. The molecule has 2 aromatic carbocycles. The molecular formula is C20H18ClNO3. The molecule has 25 heavy (non-hydrogen) atoms. The van der Waals surface area contributed by atoms with Crippen LogP contribution in [0.3, 0.4) is 0 Å². The van der Waals surface area contributed by atoms with E-state index in [1.165, 1.54) is 0 Å². The Labute approximate surface area is 151 Å². The summed E-state index contributed by atoms with van der Waals surface area (Å²) in [6, 6.07) is 17.9. The Morgan fingerprint density at radius 3 is 2.40 bits per heavy atom. The Morgan fingerprint density at radius 2 is 1.80 bits per heavy atom. The van der Waals surface area contributed by atoms with Crippen LogP contribution in [-0.2, 0) is 6.54 Å². The first-order chi connectivity index (χ1) is 12.2. The molecule has 0 unspecified atom stereocenters. The zero-order chi connectivity index (χ0) is 17.6. The van der Waals surface area contributed by atoms with Gasteiger partial charge in [0.25, 0.3) is 5.91 Å². The third-order valence-electron chi connectivity index (χ3n) is 3.69. The maximum atomic E-state index is 13.0. The number of carbonyl (C=O) groups excluding carboxylic acids is 1. The van der Waals surface area contributed by atoms with Gasteiger partial charge in [-0.3, -0.25) is 4.79 Å². The van der Waals surface area contributed by atoms with E-state index in [4.69, 9.17) is 20.8 Å². The van der Waals surface area contributed by atoms with Crippen LogP contribution in [0.2, 0.25) is 5.02 Å². The van der Waals surface area contributed by atoms with Crippen LogP contribution < -0.4 is 9.64 Å². The molecular weight excluding hydrogens is 338 g/mol. The molecule has 0 spiro atoms. The highest BCUT2D eigenvalue weighted by Gasteiger charge is 2.19. The molecule has 0 radical (unpaired) electrons. The van der Waals surface area contributed by atoms with Crippen LogP contribution in [0.5, 0.6) is 5.75 Å². The Morgan fingerprint density at radius 1 is 1.08 bits per heavy atom. The number of nitrogens with zero attached hydrogens (tertiary/aromatic N) is 1. The molecule has 3 rings (SSSR count). The van der Waals surface area contributed by atoms with Crippen molar-refractivity contribution in [2.45, 2.75) is 13.5 Å². The molecule has 0 atom stereocenters. The number of hydrogen-bond donors (Lipinski definition) is 0. The fourth-order valence-corrected chi connectivity index (χ4v) is 2.60. The smallest absolute Gasteiger partial charge is 0.258 e. The highest BCUT2D eigenvalue weighted by Crippen LogP contribution is 2.23. The van der Waals surface area contributed by atoms with Crippen molar-refractivity contribution >= 4 is 23.2 Å². The topological polar surface area (TPSA) is 42.7 Å². The molecule has 0 aliphatic rings. The monoisotopic (exact) mass is 355 g/mol. The van der Waals surface area contributed by atoms with Gasteiger partial charge in [-0.2, -0.15) is 0 Å². The Hall–Kier alpha value is -2.72. The van der Waals surface area contributed by atoms with E-state index in [-0.39, 0.29) is 5.91 Å². The lowest BCUT2D eigenvalue weighted by Crippen LogP contribution is -2.30. The van der Waals surface area contributed by atoms with Crippen LogP contribution in [-0.4, -0.2) is 12.5 Å². The number of furan rings is 1. The third-order valence-corrected chi connectivity index (χ3v) is 3.94. The number of halogens is 1. The van der Waals surface area contributed by atoms with Gasteiger partial charge in [0, 0.05) is 16.3 Å². The molecule has 0 fully saturated rings. The van der Waals surface area contributed by atoms with Gasteiger partial charge in [0.1, 0.15) is 11.5 Å². The zero-order valence-electron chi connectivity index (χ0n) is 13.8. The lowest BCUT2D eigenvalue weighted by atomic mass is 10.1. The molecule has 0 bridgehead atoms. The molecule has 0 aliphatic carbocycles. The van der Waals surface area contributed by atoms with E-state index >= 15 is 0 Å². The highest BCUT2D eigenvalue weighted by atomic mass is 35.5. The van der Waals surface area contributed by atoms with Gasteiger partial charge in [-0.05, 0) is 67.6 Å². The SMILES string of the molecule is CCOc1ccc(C(=O)N(Cc2ccco2)c2ccc(Cl)cc2)cc1. The van der Waals surface area contributed by atoms with Gasteiger partial charge >= 0.3 is 0 Å². The van der Waals surface area contributed by atoms with Crippen molar-refractivity contribution in [2.75, 3.05) is 11.5 Å². The number of rotatable bonds is 6. The van der Waals surface area contributed by atoms with Gasteiger partial charge in [0.15, 0.2) is 0 Å². The van der Waals surface area contributed by atoms with Gasteiger partial charge < -0.3 is 14.1 Å². The molecule has 0 saturated carbocycles. The standard InChI is InChI=1S/C20H18ClNO3/c1-2-24-18-11-5-15(6-12-18)20(23)22(14-19-4-3-13-25-19)17-9-7-16(21)8-10-17/h3-13H,2,14H2,1H3. The van der Waals surface area contributed by atoms with Crippen LogP contribution in [0.15, 0.2) is 71.3 Å². The van der Waals surface area contributed by atoms with Gasteiger partial charge in [0.05, 0.1) is 19.4 Å². The van der Waals surface area contributed by atoms with E-state index in [2.05, 4.69) is 0 Å². The molecule has 0 N–H and O–H groups in total. The van der Waals surface area contributed by atoms with Gasteiger partial charge in [-0.15, -0.1) is 0 Å². The number of benzene rings is 2. The Balaban J connectivity index is 1.89. The number of ether oxygens (including phenoxy) is 1. The van der Waals surface area contributed by atoms with Crippen molar-refractivity contribution in [3.05, 3.63) is 83.3 Å². The summed E-state index contributed by atoms with van der Waals surface area (Å²) in [4.78, 5) is 14.7. The summed E-state index contributed by atoms with van der Waals surface area (Å²) in [5.74, 6) is 1.32. The highest BCUT2D eigenvalue weighted by molar-refractivity contribution is 6.30. The van der Waals surface area contributed by atoms with Crippen LogP contribution in [0, 0.1) is 0 Å². The largest absolute Gasteiger partial charge is 0.494 e. The van der Waals surface area contributed by atoms with E-state index in [0.717, 1.165) is 11.4 Å². The van der Waals surface area contributed by atoms with Crippen LogP contribution in [0.25, 0.3) is 0 Å². The third kappa shape index (κ3) is 4.22. The second-order valence-electron chi connectivity index (χ2n) is 5.40. The van der Waals surface area contributed by atoms with E-state index < -0.39 is 0 Å². The fourth-order valence-electron chi connectivity index (χ4n) is 2.48. The molecule has 3 aromatic rings. The van der Waals surface area contributed by atoms with Crippen molar-refractivity contribution in [3.63, 3.8) is 0 Å². The van der Waals surface area contributed by atoms with Crippen LogP contribution >= 0.6 is 11.6 Å². The number of anilines is 1. The minimum absolute atomic E-state index is 0.123. The second kappa shape index (κ2) is 7.90. The zero-order valence-corrected chi connectivity index (χ0v) is 14.6. The van der Waals surface area contributed by atoms with E-state index in [1.807, 2.05) is 25.1 Å². The first-order valence-electron chi connectivity index (χ1n) is 8.00. The minimum Gasteiger partial charge on any atom is -0.494 e. The maximum Gasteiger partial charge on any atom is 0.258 e. The van der Waals surface area contributed by atoms with Crippen molar-refractivity contribution in [1.29, 1.82) is 0 Å². The van der Waals surface area contributed by atoms with Gasteiger partial charge in [-0.1, -0.05) is 11.6 Å². The lowest BCUT2D eigenvalue weighted by molar-refractivity contribution is 0.0983. The molecule has 0 saturated heterocycles. The number of hydrogen-bond acceptors (Lipinski definition) is 3. The Kier molecular flexibility index (Phi) is 5.41. The maximum absolute atomic E-state index is 13.0. The molecule has 0 aliphatic heterocycles. The van der Waals surface area contributed by atoms with Crippen molar-refractivity contribution in [1.82, 2.24) is 0 Å². The predicted molar refractivity (Wildman–Crippen MR) is 98.3 cm³/mol. The molecule has 1 amide bonds. The van der Waals surface area contributed by atoms with Crippen LogP contribution in [0.4, 0.5) is 5.69 Å². The molecule has 1 aromatic heterocycles. The minimum atomic E-state index is -0.123. The quantitative estimate of drug-likeness (QED) is 0.612. The van der Waals surface area contributed by atoms with Crippen molar-refractivity contribution in [3.8, 4) is 5.75 Å². The summed E-state index contributed by atoms with van der Waals surface area (Å²) in [5.41, 5.74) is 1.32. The van der Waals surface area contributed by atoms with Crippen LogP contribution in [0.1, 0.15) is 23.0 Å². The second-order valence-corrected chi connectivity index (χ2v) is 5.84. The lowest BCUT2D eigenvalue weighted by Gasteiger charge is -2.22. The fraction of sp³-hybridized carbons (Fsp3) is 0.150. The first kappa shape index (κ1) is 17.1. The van der Waals surface area contributed by atoms with Crippen molar-refractivity contribution < 1.29 is 13.9 Å². The summed E-state index contributed by atoms with van der Waals surface area (Å²) in [5, 5.41) is 0.621. The van der Waals surface area contributed by atoms with Crippen molar-refractivity contribution in [2.24, 2.45) is 0 Å². The first-order valence-corrected chi connectivity index (χ1v) is 8.38. The van der Waals surface area contributed by atoms with Gasteiger partial charge in [0.2, 0.25) is 0 Å². The summed E-state index contributed by atoms with van der Waals surface area (Å²) < 4.78 is 10.8. The molecule has 128 valence electrons. The average Bonchev–Trinajstić information content (AvgIpc) is 3.14. The number of carbonyl (C=O) groups is 1. The summed E-state index contributed by atoms with van der Waals surface area (Å²) in [6.07, 6.45) is 1.59. The molecule has 1 heterocycles. The Bertz CT molecular complexity index is 811. The molecule has 5 heteroatoms. The number of amides is 1. The normalized spacial score (nSPS) is 10.5. The summed E-state index contributed by atoms with van der Waals surface area (Å²) in [7, 11) is 0. The van der Waals surface area contributed by atoms with E-state index in [9.17, 15) is 4.79 Å². The average molecular weight is 356 g/mol. The van der Waals surface area contributed by atoms with Gasteiger partial charge in [-0.25, -0.2) is 0 Å².